The first kappa shape index (κ1) is 12.9. The number of hydrogen-bond donors (Lipinski definition) is 0. The molecule has 1 fully saturated rings. The highest BCUT2D eigenvalue weighted by Crippen LogP contribution is 2.28. The van der Waals surface area contributed by atoms with Crippen LogP contribution < -0.4 is 4.90 Å². The maximum Gasteiger partial charge on any atom is 0.0643 e. The van der Waals surface area contributed by atoms with Gasteiger partial charge in [0.1, 0.15) is 0 Å². The van der Waals surface area contributed by atoms with E-state index < -0.39 is 0 Å². The van der Waals surface area contributed by atoms with E-state index in [9.17, 15) is 0 Å². The van der Waals surface area contributed by atoms with E-state index in [1.807, 2.05) is 6.07 Å². The van der Waals surface area contributed by atoms with Crippen molar-refractivity contribution in [3.05, 3.63) is 30.3 Å². The summed E-state index contributed by atoms with van der Waals surface area (Å²) < 4.78 is 0. The quantitative estimate of drug-likeness (QED) is 0.799. The lowest BCUT2D eigenvalue weighted by atomic mass is 9.94. The topological polar surface area (TPSA) is 30.3 Å². The maximum atomic E-state index is 9.00. The molecular formula is C15H21N3. The molecule has 1 aromatic carbocycles. The van der Waals surface area contributed by atoms with Crippen molar-refractivity contribution < 1.29 is 0 Å². The average Bonchev–Trinajstić information content (AvgIpc) is 2.35. The van der Waals surface area contributed by atoms with Crippen LogP contribution >= 0.6 is 0 Å². The third-order valence-electron chi connectivity index (χ3n) is 3.93. The first-order chi connectivity index (χ1) is 8.54. The summed E-state index contributed by atoms with van der Waals surface area (Å²) in [6.45, 7) is 6.41. The normalized spacial score (nSPS) is 23.7. The Labute approximate surface area is 110 Å². The summed E-state index contributed by atoms with van der Waals surface area (Å²) in [6, 6.07) is 13.0. The maximum absolute atomic E-state index is 9.00. The SMILES string of the molecule is CN1CC(CC#N)N(c2ccccc2)CC1(C)C. The molecule has 1 aromatic rings. The van der Waals surface area contributed by atoms with Crippen LogP contribution in [0.15, 0.2) is 30.3 Å². The number of benzene rings is 1. The Balaban J connectivity index is 2.27. The zero-order valence-corrected chi connectivity index (χ0v) is 11.4. The monoisotopic (exact) mass is 243 g/mol. The summed E-state index contributed by atoms with van der Waals surface area (Å²) in [5.74, 6) is 0. The van der Waals surface area contributed by atoms with Gasteiger partial charge in [-0.05, 0) is 33.0 Å². The van der Waals surface area contributed by atoms with Crippen LogP contribution in [0.3, 0.4) is 0 Å². The van der Waals surface area contributed by atoms with Gasteiger partial charge in [0.2, 0.25) is 0 Å². The van der Waals surface area contributed by atoms with E-state index in [0.29, 0.717) is 6.42 Å². The smallest absolute Gasteiger partial charge is 0.0643 e. The van der Waals surface area contributed by atoms with Gasteiger partial charge in [0.25, 0.3) is 0 Å². The average molecular weight is 243 g/mol. The third-order valence-corrected chi connectivity index (χ3v) is 3.93. The van der Waals surface area contributed by atoms with Crippen LogP contribution in [0.2, 0.25) is 0 Å². The Hall–Kier alpha value is -1.53. The van der Waals surface area contributed by atoms with Crippen molar-refractivity contribution in [3.63, 3.8) is 0 Å². The molecule has 0 bridgehead atoms. The zero-order valence-electron chi connectivity index (χ0n) is 11.4. The van der Waals surface area contributed by atoms with Gasteiger partial charge in [-0.1, -0.05) is 18.2 Å². The molecule has 1 aliphatic heterocycles. The lowest BCUT2D eigenvalue weighted by molar-refractivity contribution is 0.115. The largest absolute Gasteiger partial charge is 0.364 e. The zero-order chi connectivity index (χ0) is 13.2. The standard InChI is InChI=1S/C15H21N3/c1-15(2)12-18(13-7-5-4-6-8-13)14(9-10-16)11-17(15)3/h4-8,14H,9,11-12H2,1-3H3. The van der Waals surface area contributed by atoms with Crippen LogP contribution in [0, 0.1) is 11.3 Å². The van der Waals surface area contributed by atoms with Crippen molar-refractivity contribution >= 4 is 5.69 Å². The van der Waals surface area contributed by atoms with Gasteiger partial charge in [0.05, 0.1) is 18.5 Å². The highest BCUT2D eigenvalue weighted by Gasteiger charge is 2.36. The first-order valence-corrected chi connectivity index (χ1v) is 6.44. The predicted molar refractivity (Wildman–Crippen MR) is 74.5 cm³/mol. The molecule has 18 heavy (non-hydrogen) atoms. The van der Waals surface area contributed by atoms with Crippen LogP contribution in [-0.4, -0.2) is 36.6 Å². The number of rotatable bonds is 2. The van der Waals surface area contributed by atoms with E-state index in [1.54, 1.807) is 0 Å². The number of nitrogens with zero attached hydrogens (tertiary/aromatic N) is 3. The number of anilines is 1. The lowest BCUT2D eigenvalue weighted by Gasteiger charge is -2.50. The van der Waals surface area contributed by atoms with Crippen LogP contribution in [-0.2, 0) is 0 Å². The molecule has 1 atom stereocenters. The Morgan fingerprint density at radius 3 is 2.61 bits per heavy atom. The molecule has 1 saturated heterocycles. The minimum Gasteiger partial charge on any atom is -0.364 e. The van der Waals surface area contributed by atoms with Crippen LogP contribution in [0.4, 0.5) is 5.69 Å². The summed E-state index contributed by atoms with van der Waals surface area (Å²) in [4.78, 5) is 4.73. The van der Waals surface area contributed by atoms with E-state index >= 15 is 0 Å². The molecule has 0 aromatic heterocycles. The minimum absolute atomic E-state index is 0.141. The van der Waals surface area contributed by atoms with Gasteiger partial charge in [-0.15, -0.1) is 0 Å². The summed E-state index contributed by atoms with van der Waals surface area (Å²) in [5.41, 5.74) is 1.36. The minimum atomic E-state index is 0.141. The van der Waals surface area contributed by atoms with E-state index in [0.717, 1.165) is 13.1 Å². The lowest BCUT2D eigenvalue weighted by Crippen LogP contribution is -2.62. The highest BCUT2D eigenvalue weighted by molar-refractivity contribution is 5.48. The van der Waals surface area contributed by atoms with Gasteiger partial charge in [-0.2, -0.15) is 5.26 Å². The second-order valence-corrected chi connectivity index (χ2v) is 5.67. The fourth-order valence-electron chi connectivity index (χ4n) is 2.53. The van der Waals surface area contributed by atoms with E-state index in [2.05, 4.69) is 61.0 Å². The second-order valence-electron chi connectivity index (χ2n) is 5.67. The Morgan fingerprint density at radius 1 is 1.33 bits per heavy atom. The Kier molecular flexibility index (Phi) is 3.58. The fraction of sp³-hybridized carbons (Fsp3) is 0.533. The molecule has 1 aliphatic rings. The van der Waals surface area contributed by atoms with Gasteiger partial charge in [-0.3, -0.25) is 4.90 Å². The van der Waals surface area contributed by atoms with Crippen molar-refractivity contribution in [2.24, 2.45) is 0 Å². The number of para-hydroxylation sites is 1. The second kappa shape index (κ2) is 4.99. The molecule has 3 heteroatoms. The highest BCUT2D eigenvalue weighted by atomic mass is 15.3. The summed E-state index contributed by atoms with van der Waals surface area (Å²) in [7, 11) is 2.15. The summed E-state index contributed by atoms with van der Waals surface area (Å²) in [6.07, 6.45) is 0.579. The predicted octanol–water partition coefficient (Wildman–Crippen LogP) is 2.50. The van der Waals surface area contributed by atoms with E-state index in [4.69, 9.17) is 5.26 Å². The van der Waals surface area contributed by atoms with Crippen molar-refractivity contribution in [2.75, 3.05) is 25.0 Å². The molecule has 0 amide bonds. The third kappa shape index (κ3) is 2.49. The summed E-state index contributed by atoms with van der Waals surface area (Å²) >= 11 is 0. The van der Waals surface area contributed by atoms with Gasteiger partial charge in [-0.25, -0.2) is 0 Å². The molecule has 96 valence electrons. The molecule has 0 aliphatic carbocycles. The van der Waals surface area contributed by atoms with E-state index in [1.165, 1.54) is 5.69 Å². The van der Waals surface area contributed by atoms with Gasteiger partial charge in [0.15, 0.2) is 0 Å². The summed E-state index contributed by atoms with van der Waals surface area (Å²) in [5, 5.41) is 9.00. The first-order valence-electron chi connectivity index (χ1n) is 6.44. The number of piperazine rings is 1. The molecule has 0 saturated carbocycles. The molecular weight excluding hydrogens is 222 g/mol. The molecule has 0 radical (unpaired) electrons. The molecule has 0 spiro atoms. The molecule has 2 rings (SSSR count). The molecule has 3 nitrogen and oxygen atoms in total. The van der Waals surface area contributed by atoms with Gasteiger partial charge < -0.3 is 4.90 Å². The van der Waals surface area contributed by atoms with Crippen LogP contribution in [0.25, 0.3) is 0 Å². The molecule has 1 heterocycles. The van der Waals surface area contributed by atoms with Crippen molar-refractivity contribution in [3.8, 4) is 6.07 Å². The van der Waals surface area contributed by atoms with Gasteiger partial charge in [0, 0.05) is 24.3 Å². The number of nitriles is 1. The van der Waals surface area contributed by atoms with Crippen LogP contribution in [0.5, 0.6) is 0 Å². The van der Waals surface area contributed by atoms with Crippen molar-refractivity contribution in [2.45, 2.75) is 31.8 Å². The number of likely N-dealkylation sites (N-methyl/N-ethyl adjacent to an activating group) is 1. The Morgan fingerprint density at radius 2 is 2.00 bits per heavy atom. The Bertz CT molecular complexity index is 433. The molecule has 0 N–H and O–H groups in total. The van der Waals surface area contributed by atoms with Gasteiger partial charge >= 0.3 is 0 Å². The van der Waals surface area contributed by atoms with Crippen LogP contribution in [0.1, 0.15) is 20.3 Å². The molecule has 1 unspecified atom stereocenters. The fourth-order valence-corrected chi connectivity index (χ4v) is 2.53. The number of hydrogen-bond acceptors (Lipinski definition) is 3. The van der Waals surface area contributed by atoms with E-state index in [-0.39, 0.29) is 11.6 Å². The van der Waals surface area contributed by atoms with Crippen molar-refractivity contribution in [1.29, 1.82) is 5.26 Å². The van der Waals surface area contributed by atoms with Crippen molar-refractivity contribution in [1.82, 2.24) is 4.90 Å².